The van der Waals surface area contributed by atoms with E-state index in [4.69, 9.17) is 15.5 Å². The molecular formula is C38H50N3O4-. The topological polar surface area (TPSA) is 123 Å². The number of aliphatic hydroxyl groups excluding tert-OH is 2. The van der Waals surface area contributed by atoms with Crippen LogP contribution < -0.4 is 15.5 Å². The van der Waals surface area contributed by atoms with Crippen molar-refractivity contribution in [1.29, 1.82) is 0 Å². The van der Waals surface area contributed by atoms with E-state index < -0.39 is 12.2 Å². The Morgan fingerprint density at radius 3 is 2.67 bits per heavy atom. The first-order chi connectivity index (χ1) is 21.9. The third-order valence-electron chi connectivity index (χ3n) is 10.3. The van der Waals surface area contributed by atoms with Gasteiger partial charge in [0.2, 0.25) is 0 Å². The second kappa shape index (κ2) is 15.7. The van der Waals surface area contributed by atoms with Crippen LogP contribution in [0.3, 0.4) is 0 Å². The van der Waals surface area contributed by atoms with Crippen molar-refractivity contribution in [3.8, 4) is 23.3 Å². The first kappa shape index (κ1) is 32.9. The SMILES string of the molecule is CCC1C#CCC(C(O)CCc2ccc(O)c(OCCC(c3ccnc(N)c3)C3(c4ccc[n-]4)CCCC3)c2)C(O)CCCC1. The van der Waals surface area contributed by atoms with Gasteiger partial charge < -0.3 is 30.8 Å². The smallest absolute Gasteiger partial charge is 0.161 e. The van der Waals surface area contributed by atoms with Crippen molar-refractivity contribution < 1.29 is 20.1 Å². The average molecular weight is 613 g/mol. The Balaban J connectivity index is 1.25. The highest BCUT2D eigenvalue weighted by Gasteiger charge is 2.41. The van der Waals surface area contributed by atoms with Gasteiger partial charge >= 0.3 is 0 Å². The van der Waals surface area contributed by atoms with Crippen LogP contribution in [0.25, 0.3) is 0 Å². The summed E-state index contributed by atoms with van der Waals surface area (Å²) < 4.78 is 6.26. The number of phenolic OH excluding ortho intramolecular Hbond substituents is 1. The molecule has 1 aromatic carbocycles. The highest BCUT2D eigenvalue weighted by atomic mass is 16.5. The molecule has 45 heavy (non-hydrogen) atoms. The lowest BCUT2D eigenvalue weighted by Crippen LogP contribution is -2.33. The molecule has 2 aromatic heterocycles. The number of benzene rings is 1. The second-order valence-electron chi connectivity index (χ2n) is 13.1. The molecule has 1 saturated carbocycles. The number of ether oxygens (including phenoxy) is 1. The predicted octanol–water partition coefficient (Wildman–Crippen LogP) is 6.66. The lowest BCUT2D eigenvalue weighted by Gasteiger charge is -2.42. The fourth-order valence-electron chi connectivity index (χ4n) is 7.66. The molecular weight excluding hydrogens is 562 g/mol. The molecule has 0 saturated heterocycles. The van der Waals surface area contributed by atoms with E-state index in [9.17, 15) is 15.3 Å². The van der Waals surface area contributed by atoms with Gasteiger partial charge in [-0.15, -0.1) is 5.92 Å². The Kier molecular flexibility index (Phi) is 11.5. The number of aliphatic hydroxyl groups is 2. The van der Waals surface area contributed by atoms with Gasteiger partial charge in [-0.2, -0.15) is 11.9 Å². The Labute approximate surface area is 268 Å². The number of aryl methyl sites for hydroxylation is 1. The maximum atomic E-state index is 11.1. The van der Waals surface area contributed by atoms with E-state index in [1.807, 2.05) is 30.5 Å². The van der Waals surface area contributed by atoms with Gasteiger partial charge in [-0.05, 0) is 98.1 Å². The van der Waals surface area contributed by atoms with E-state index >= 15 is 0 Å². The van der Waals surface area contributed by atoms with Gasteiger partial charge in [-0.25, -0.2) is 4.98 Å². The summed E-state index contributed by atoms with van der Waals surface area (Å²) in [7, 11) is 0. The molecule has 0 aliphatic heterocycles. The molecule has 5 N–H and O–H groups in total. The fourth-order valence-corrected chi connectivity index (χ4v) is 7.66. The number of hydrogen-bond acceptors (Lipinski definition) is 6. The zero-order valence-electron chi connectivity index (χ0n) is 26.7. The predicted molar refractivity (Wildman–Crippen MR) is 178 cm³/mol. The minimum atomic E-state index is -0.659. The number of aromatic nitrogens is 2. The number of nitrogen functional groups attached to an aromatic ring is 1. The molecule has 5 rings (SSSR count). The van der Waals surface area contributed by atoms with Crippen molar-refractivity contribution in [2.75, 3.05) is 12.3 Å². The molecule has 2 aliphatic rings. The minimum Gasteiger partial charge on any atom is -0.667 e. The van der Waals surface area contributed by atoms with Crippen LogP contribution in [0.2, 0.25) is 0 Å². The van der Waals surface area contributed by atoms with Gasteiger partial charge in [-0.3, -0.25) is 0 Å². The van der Waals surface area contributed by atoms with Crippen LogP contribution in [-0.2, 0) is 11.8 Å². The van der Waals surface area contributed by atoms with E-state index in [2.05, 4.69) is 35.9 Å². The lowest BCUT2D eigenvalue weighted by molar-refractivity contribution is 0.00559. The van der Waals surface area contributed by atoms with Gasteiger partial charge in [0, 0.05) is 24.5 Å². The summed E-state index contributed by atoms with van der Waals surface area (Å²) in [6.07, 6.45) is 14.1. The maximum Gasteiger partial charge on any atom is 0.161 e. The minimum absolute atomic E-state index is 0.0950. The van der Waals surface area contributed by atoms with Crippen LogP contribution in [0.15, 0.2) is 54.9 Å². The summed E-state index contributed by atoms with van der Waals surface area (Å²) in [5.74, 6) is 7.97. The van der Waals surface area contributed by atoms with E-state index in [-0.39, 0.29) is 23.0 Å². The fraction of sp³-hybridized carbons (Fsp3) is 0.553. The summed E-state index contributed by atoms with van der Waals surface area (Å²) in [6, 6.07) is 13.6. The zero-order chi connectivity index (χ0) is 31.6. The zero-order valence-corrected chi connectivity index (χ0v) is 26.7. The number of nitrogens with two attached hydrogens (primary N) is 1. The maximum absolute atomic E-state index is 11.1. The summed E-state index contributed by atoms with van der Waals surface area (Å²) in [5, 5.41) is 32.7. The van der Waals surface area contributed by atoms with E-state index in [0.29, 0.717) is 49.8 Å². The van der Waals surface area contributed by atoms with Gasteiger partial charge in [-0.1, -0.05) is 56.7 Å². The van der Waals surface area contributed by atoms with Crippen molar-refractivity contribution >= 4 is 5.82 Å². The van der Waals surface area contributed by atoms with Crippen LogP contribution in [-0.4, -0.2) is 39.1 Å². The molecule has 2 aliphatic carbocycles. The standard InChI is InChI=1S/C38H50N3O4/c1-2-27-9-3-4-12-32(42)30(11-7-10-27)33(43)16-14-28-15-17-34(44)35(25-28)45-24-19-31(29-18-23-41-37(39)26-29)38(20-5-6-21-38)36-13-8-22-40-36/h8,13,15,17-18,22-23,25-27,30-33,42-44H,2-6,9,11-12,14,16,19-21,24H2,1H3,(H2,39,41)/q-1. The van der Waals surface area contributed by atoms with Gasteiger partial charge in [0.15, 0.2) is 11.5 Å². The Morgan fingerprint density at radius 2 is 1.91 bits per heavy atom. The first-order valence-corrected chi connectivity index (χ1v) is 17.0. The van der Waals surface area contributed by atoms with Crippen molar-refractivity contribution in [1.82, 2.24) is 9.97 Å². The van der Waals surface area contributed by atoms with Crippen LogP contribution in [0.4, 0.5) is 5.82 Å². The Bertz CT molecular complexity index is 1410. The van der Waals surface area contributed by atoms with Gasteiger partial charge in [0.1, 0.15) is 5.82 Å². The third-order valence-corrected chi connectivity index (χ3v) is 10.3. The molecule has 0 spiro atoms. The highest BCUT2D eigenvalue weighted by Crippen LogP contribution is 2.51. The molecule has 5 unspecified atom stereocenters. The van der Waals surface area contributed by atoms with Gasteiger partial charge in [0.25, 0.3) is 0 Å². The van der Waals surface area contributed by atoms with Gasteiger partial charge in [0.05, 0.1) is 18.8 Å². The first-order valence-electron chi connectivity index (χ1n) is 17.0. The van der Waals surface area contributed by atoms with Crippen molar-refractivity contribution in [3.63, 3.8) is 0 Å². The largest absolute Gasteiger partial charge is 0.667 e. The number of nitrogens with zero attached hydrogens (tertiary/aromatic N) is 2. The second-order valence-corrected chi connectivity index (χ2v) is 13.1. The van der Waals surface area contributed by atoms with Crippen molar-refractivity contribution in [2.24, 2.45) is 11.8 Å². The third kappa shape index (κ3) is 8.23. The quantitative estimate of drug-likeness (QED) is 0.169. The molecule has 5 atom stereocenters. The summed E-state index contributed by atoms with van der Waals surface area (Å²) in [4.78, 5) is 8.99. The van der Waals surface area contributed by atoms with E-state index in [1.54, 1.807) is 12.3 Å². The average Bonchev–Trinajstić information content (AvgIpc) is 3.76. The van der Waals surface area contributed by atoms with E-state index in [0.717, 1.165) is 74.6 Å². The molecule has 1 fully saturated rings. The molecule has 0 radical (unpaired) electrons. The number of aromatic hydroxyl groups is 1. The molecule has 3 aromatic rings. The van der Waals surface area contributed by atoms with E-state index in [1.165, 1.54) is 0 Å². The Morgan fingerprint density at radius 1 is 1.09 bits per heavy atom. The number of anilines is 1. The Hall–Kier alpha value is -3.47. The van der Waals surface area contributed by atoms with Crippen LogP contribution in [0.5, 0.6) is 11.5 Å². The molecule has 7 heteroatoms. The summed E-state index contributed by atoms with van der Waals surface area (Å²) >= 11 is 0. The highest BCUT2D eigenvalue weighted by molar-refractivity contribution is 5.42. The number of rotatable bonds is 12. The van der Waals surface area contributed by atoms with Crippen molar-refractivity contribution in [2.45, 2.75) is 114 Å². The number of pyridine rings is 1. The normalized spacial score (nSPS) is 23.0. The lowest BCUT2D eigenvalue weighted by atomic mass is 9.67. The molecule has 0 amide bonds. The van der Waals surface area contributed by atoms with Crippen molar-refractivity contribution in [3.05, 3.63) is 71.7 Å². The number of hydrogen-bond donors (Lipinski definition) is 4. The number of phenols is 1. The van der Waals surface area contributed by atoms with Crippen LogP contribution in [0, 0.1) is 23.7 Å². The summed E-state index contributed by atoms with van der Waals surface area (Å²) in [6.45, 7) is 2.59. The monoisotopic (exact) mass is 612 g/mol. The summed E-state index contributed by atoms with van der Waals surface area (Å²) in [5.41, 5.74) is 9.27. The molecule has 242 valence electrons. The molecule has 0 bridgehead atoms. The van der Waals surface area contributed by atoms with Crippen LogP contribution >= 0.6 is 0 Å². The van der Waals surface area contributed by atoms with Crippen LogP contribution in [0.1, 0.15) is 107 Å². The molecule has 2 heterocycles. The molecule has 7 nitrogen and oxygen atoms in total.